The van der Waals surface area contributed by atoms with Crippen molar-refractivity contribution in [2.45, 2.75) is 71.3 Å². The summed E-state index contributed by atoms with van der Waals surface area (Å²) in [5.74, 6) is 0.777. The van der Waals surface area contributed by atoms with Crippen LogP contribution < -0.4 is 0 Å². The maximum Gasteiger partial charge on any atom is 0.0825 e. The third-order valence-electron chi connectivity index (χ3n) is 5.69. The molecule has 1 aliphatic rings. The number of ether oxygens (including phenoxy) is 1. The molecule has 0 saturated carbocycles. The van der Waals surface area contributed by atoms with Gasteiger partial charge in [0, 0.05) is 0 Å². The molecule has 2 aromatic carbocycles. The average Bonchev–Trinajstić information content (AvgIpc) is 2.70. The highest BCUT2D eigenvalue weighted by Crippen LogP contribution is 2.33. The minimum absolute atomic E-state index is 0.290. The topological polar surface area (TPSA) is 9.23 Å². The lowest BCUT2D eigenvalue weighted by molar-refractivity contribution is -0.0198. The van der Waals surface area contributed by atoms with Gasteiger partial charge in [-0.15, -0.1) is 0 Å². The van der Waals surface area contributed by atoms with E-state index in [9.17, 15) is 0 Å². The van der Waals surface area contributed by atoms with E-state index in [1.54, 1.807) is 0 Å². The normalized spacial score (nSPS) is 20.2. The van der Waals surface area contributed by atoms with Crippen LogP contribution in [0.5, 0.6) is 0 Å². The van der Waals surface area contributed by atoms with Crippen LogP contribution in [0.2, 0.25) is 0 Å². The fourth-order valence-corrected chi connectivity index (χ4v) is 4.02. The van der Waals surface area contributed by atoms with Gasteiger partial charge in [0.1, 0.15) is 0 Å². The van der Waals surface area contributed by atoms with Gasteiger partial charge in [0.05, 0.1) is 12.7 Å². The summed E-state index contributed by atoms with van der Waals surface area (Å²) in [4.78, 5) is 0. The van der Waals surface area contributed by atoms with Crippen LogP contribution in [0.25, 0.3) is 11.1 Å². The second-order valence-corrected chi connectivity index (χ2v) is 7.83. The Bertz CT molecular complexity index is 633. The number of hydrogen-bond acceptors (Lipinski definition) is 1. The molecular weight excluding hydrogens is 316 g/mol. The molecule has 0 N–H and O–H groups in total. The van der Waals surface area contributed by atoms with Gasteiger partial charge in [-0.05, 0) is 53.9 Å². The van der Waals surface area contributed by atoms with Crippen molar-refractivity contribution in [3.63, 3.8) is 0 Å². The molecule has 1 fully saturated rings. The second-order valence-electron chi connectivity index (χ2n) is 7.83. The molecule has 0 amide bonds. The van der Waals surface area contributed by atoms with Crippen LogP contribution in [0, 0.1) is 5.92 Å². The number of aryl methyl sites for hydroxylation is 1. The summed E-state index contributed by atoms with van der Waals surface area (Å²) in [7, 11) is 0. The van der Waals surface area contributed by atoms with Gasteiger partial charge in [0.2, 0.25) is 0 Å². The van der Waals surface area contributed by atoms with Crippen LogP contribution in [0.15, 0.2) is 48.5 Å². The highest BCUT2D eigenvalue weighted by Gasteiger charge is 2.22. The molecule has 1 saturated heterocycles. The average molecular weight is 351 g/mol. The predicted molar refractivity (Wildman–Crippen MR) is 111 cm³/mol. The molecule has 2 unspecified atom stereocenters. The van der Waals surface area contributed by atoms with Crippen molar-refractivity contribution in [2.75, 3.05) is 6.61 Å². The number of unbranched alkanes of at least 4 members (excludes halogenated alkanes) is 2. The first kappa shape index (κ1) is 19.2. The van der Waals surface area contributed by atoms with Crippen LogP contribution in [0.3, 0.4) is 0 Å². The number of hydrogen-bond donors (Lipinski definition) is 0. The molecule has 2 atom stereocenters. The summed E-state index contributed by atoms with van der Waals surface area (Å²) in [5, 5.41) is 0. The summed E-state index contributed by atoms with van der Waals surface area (Å²) in [5.41, 5.74) is 5.36. The summed E-state index contributed by atoms with van der Waals surface area (Å²) in [6.07, 6.45) is 10.5. The monoisotopic (exact) mass is 350 g/mol. The van der Waals surface area contributed by atoms with Gasteiger partial charge in [0.25, 0.3) is 0 Å². The zero-order valence-corrected chi connectivity index (χ0v) is 16.5. The lowest BCUT2D eigenvalue weighted by atomic mass is 9.90. The minimum Gasteiger partial charge on any atom is -0.373 e. The first-order chi connectivity index (χ1) is 12.8. The molecule has 1 heteroatoms. The van der Waals surface area contributed by atoms with Crippen molar-refractivity contribution >= 4 is 0 Å². The summed E-state index contributed by atoms with van der Waals surface area (Å²) >= 11 is 0. The van der Waals surface area contributed by atoms with E-state index in [2.05, 4.69) is 62.4 Å². The van der Waals surface area contributed by atoms with E-state index in [-0.39, 0.29) is 0 Å². The first-order valence-corrected chi connectivity index (χ1v) is 10.6. The smallest absolute Gasteiger partial charge is 0.0825 e. The fraction of sp³-hybridized carbons (Fsp3) is 0.520. The van der Waals surface area contributed by atoms with Crippen molar-refractivity contribution in [1.29, 1.82) is 0 Å². The van der Waals surface area contributed by atoms with E-state index in [0.717, 1.165) is 18.9 Å². The Kier molecular flexibility index (Phi) is 7.32. The number of rotatable bonds is 8. The van der Waals surface area contributed by atoms with E-state index in [1.165, 1.54) is 67.2 Å². The van der Waals surface area contributed by atoms with Crippen molar-refractivity contribution in [3.05, 3.63) is 59.7 Å². The summed E-state index contributed by atoms with van der Waals surface area (Å²) < 4.78 is 6.20. The van der Waals surface area contributed by atoms with E-state index in [4.69, 9.17) is 4.74 Å². The quantitative estimate of drug-likeness (QED) is 0.452. The summed E-state index contributed by atoms with van der Waals surface area (Å²) in [6, 6.07) is 18.0. The largest absolute Gasteiger partial charge is 0.373 e. The highest BCUT2D eigenvalue weighted by molar-refractivity contribution is 5.64. The highest BCUT2D eigenvalue weighted by atomic mass is 16.5. The lowest BCUT2D eigenvalue weighted by Crippen LogP contribution is -2.20. The molecule has 3 rings (SSSR count). The van der Waals surface area contributed by atoms with Crippen LogP contribution in [-0.4, -0.2) is 6.61 Å². The van der Waals surface area contributed by atoms with Crippen molar-refractivity contribution in [1.82, 2.24) is 0 Å². The van der Waals surface area contributed by atoms with E-state index in [1.807, 2.05) is 0 Å². The van der Waals surface area contributed by atoms with Gasteiger partial charge in [-0.2, -0.15) is 0 Å². The van der Waals surface area contributed by atoms with Gasteiger partial charge in [0.15, 0.2) is 0 Å². The van der Waals surface area contributed by atoms with Crippen LogP contribution in [0.4, 0.5) is 0 Å². The lowest BCUT2D eigenvalue weighted by Gasteiger charge is -2.29. The van der Waals surface area contributed by atoms with Crippen molar-refractivity contribution in [2.24, 2.45) is 5.92 Å². The zero-order valence-electron chi connectivity index (χ0n) is 16.5. The molecular formula is C25H34O. The third-order valence-corrected chi connectivity index (χ3v) is 5.69. The SMILES string of the molecule is CCCCCC1CCC(c2ccc(-c3ccc(CCC)cc3)cc2)OC1. The number of benzene rings is 2. The van der Waals surface area contributed by atoms with E-state index >= 15 is 0 Å². The molecule has 1 nitrogen and oxygen atoms in total. The van der Waals surface area contributed by atoms with E-state index in [0.29, 0.717) is 6.10 Å². The molecule has 0 aliphatic carbocycles. The molecule has 1 heterocycles. The Morgan fingerprint density at radius 2 is 1.50 bits per heavy atom. The molecule has 0 spiro atoms. The minimum atomic E-state index is 0.290. The van der Waals surface area contributed by atoms with E-state index < -0.39 is 0 Å². The van der Waals surface area contributed by atoms with Crippen LogP contribution in [-0.2, 0) is 11.2 Å². The third kappa shape index (κ3) is 5.20. The Balaban J connectivity index is 1.55. The van der Waals surface area contributed by atoms with Gasteiger partial charge in [-0.25, -0.2) is 0 Å². The fourth-order valence-electron chi connectivity index (χ4n) is 4.02. The zero-order chi connectivity index (χ0) is 18.2. The first-order valence-electron chi connectivity index (χ1n) is 10.6. The van der Waals surface area contributed by atoms with Crippen molar-refractivity contribution in [3.8, 4) is 11.1 Å². The maximum absolute atomic E-state index is 6.20. The van der Waals surface area contributed by atoms with Crippen LogP contribution >= 0.6 is 0 Å². The molecule has 0 radical (unpaired) electrons. The van der Waals surface area contributed by atoms with Crippen molar-refractivity contribution < 1.29 is 4.74 Å². The Morgan fingerprint density at radius 3 is 2.08 bits per heavy atom. The molecule has 140 valence electrons. The Morgan fingerprint density at radius 1 is 0.808 bits per heavy atom. The Labute approximate surface area is 159 Å². The van der Waals surface area contributed by atoms with Gasteiger partial charge in [-0.3, -0.25) is 0 Å². The molecule has 0 aromatic heterocycles. The molecule has 1 aliphatic heterocycles. The van der Waals surface area contributed by atoms with Gasteiger partial charge >= 0.3 is 0 Å². The maximum atomic E-state index is 6.20. The molecule has 26 heavy (non-hydrogen) atoms. The predicted octanol–water partition coefficient (Wildman–Crippen LogP) is 7.35. The second kappa shape index (κ2) is 9.92. The van der Waals surface area contributed by atoms with Gasteiger partial charge in [-0.1, -0.05) is 88.1 Å². The Hall–Kier alpha value is -1.60. The summed E-state index contributed by atoms with van der Waals surface area (Å²) in [6.45, 7) is 5.44. The standard InChI is InChI=1S/C25H34O/c1-3-5-6-8-21-11-18-25(26-19-21)24-16-14-23(15-17-24)22-12-9-20(7-4-2)10-13-22/h9-10,12-17,21,25H,3-8,11,18-19H2,1-2H3. The van der Waals surface area contributed by atoms with Crippen LogP contribution in [0.1, 0.15) is 76.0 Å². The molecule has 0 bridgehead atoms. The molecule has 2 aromatic rings. The van der Waals surface area contributed by atoms with Gasteiger partial charge < -0.3 is 4.74 Å².